The van der Waals surface area contributed by atoms with Crippen LogP contribution in [0.3, 0.4) is 0 Å². The van der Waals surface area contributed by atoms with Gasteiger partial charge in [0.05, 0.1) is 0 Å². The number of anilines is 1. The minimum Gasteiger partial charge on any atom is -0.372 e. The molecule has 0 heterocycles. The summed E-state index contributed by atoms with van der Waals surface area (Å²) in [5.74, 6) is 0. The molecule has 0 aliphatic carbocycles. The largest absolute Gasteiger partial charge is 0.372 e. The molecule has 0 unspecified atom stereocenters. The fourth-order valence-corrected chi connectivity index (χ4v) is 1.73. The Balaban J connectivity index is 2.78. The van der Waals surface area contributed by atoms with Crippen LogP contribution in [0.1, 0.15) is 40.2 Å². The molecule has 1 aromatic carbocycles. The molecule has 0 saturated heterocycles. The minimum absolute atomic E-state index is 0.248. The average molecular weight is 231 g/mol. The van der Waals surface area contributed by atoms with Gasteiger partial charge in [-0.15, -0.1) is 0 Å². The summed E-state index contributed by atoms with van der Waals surface area (Å²) < 4.78 is 0. The summed E-state index contributed by atoms with van der Waals surface area (Å²) >= 11 is 0. The van der Waals surface area contributed by atoms with Crippen molar-refractivity contribution in [1.82, 2.24) is 0 Å². The molecule has 1 heteroatoms. The molecule has 0 aromatic heterocycles. The topological polar surface area (TPSA) is 3.24 Å². The smallest absolute Gasteiger partial charge is 0.0366 e. The highest BCUT2D eigenvalue weighted by Crippen LogP contribution is 2.19. The molecule has 0 aliphatic rings. The quantitative estimate of drug-likeness (QED) is 0.732. The summed E-state index contributed by atoms with van der Waals surface area (Å²) in [6, 6.07) is 8.79. The molecule has 0 bridgehead atoms. The van der Waals surface area contributed by atoms with Gasteiger partial charge in [-0.3, -0.25) is 0 Å². The summed E-state index contributed by atoms with van der Waals surface area (Å²) in [6.07, 6.45) is 4.45. The Morgan fingerprint density at radius 2 is 1.53 bits per heavy atom. The lowest BCUT2D eigenvalue weighted by atomic mass is 9.95. The third kappa shape index (κ3) is 4.64. The minimum atomic E-state index is 0.248. The number of allylic oxidation sites excluding steroid dienone is 1. The van der Waals surface area contributed by atoms with E-state index in [2.05, 4.69) is 75.9 Å². The lowest BCUT2D eigenvalue weighted by Gasteiger charge is -2.21. The Morgan fingerprint density at radius 3 is 1.94 bits per heavy atom. The van der Waals surface area contributed by atoms with Crippen LogP contribution in [0.25, 0.3) is 6.08 Å². The average Bonchev–Trinajstić information content (AvgIpc) is 2.29. The Hall–Kier alpha value is -1.24. The van der Waals surface area contributed by atoms with E-state index in [4.69, 9.17) is 0 Å². The molecule has 1 rings (SSSR count). The van der Waals surface area contributed by atoms with Gasteiger partial charge in [-0.2, -0.15) is 0 Å². The van der Waals surface area contributed by atoms with E-state index < -0.39 is 0 Å². The standard InChI is InChI=1S/C16H25N/c1-6-17(7-2)15-10-8-14(9-11-15)12-13-16(3,4)5/h8-13H,6-7H2,1-5H3/b13-12+. The third-order valence-electron chi connectivity index (χ3n) is 2.80. The van der Waals surface area contributed by atoms with Crippen molar-refractivity contribution in [1.29, 1.82) is 0 Å². The first-order chi connectivity index (χ1) is 7.96. The Kier molecular flexibility index (Phi) is 4.80. The molecule has 0 aliphatic heterocycles. The van der Waals surface area contributed by atoms with Gasteiger partial charge >= 0.3 is 0 Å². The molecule has 0 fully saturated rings. The summed E-state index contributed by atoms with van der Waals surface area (Å²) in [7, 11) is 0. The highest BCUT2D eigenvalue weighted by molar-refractivity contribution is 5.56. The Labute approximate surface area is 106 Å². The van der Waals surface area contributed by atoms with Gasteiger partial charge in [-0.1, -0.05) is 45.1 Å². The molecule has 0 N–H and O–H groups in total. The van der Waals surface area contributed by atoms with Crippen LogP contribution in [-0.2, 0) is 0 Å². The lowest BCUT2D eigenvalue weighted by Crippen LogP contribution is -2.21. The highest BCUT2D eigenvalue weighted by Gasteiger charge is 2.04. The van der Waals surface area contributed by atoms with E-state index in [0.29, 0.717) is 0 Å². The van der Waals surface area contributed by atoms with E-state index >= 15 is 0 Å². The first-order valence-electron chi connectivity index (χ1n) is 6.50. The van der Waals surface area contributed by atoms with Crippen LogP contribution in [-0.4, -0.2) is 13.1 Å². The molecule has 0 spiro atoms. The zero-order chi connectivity index (χ0) is 12.9. The normalized spacial score (nSPS) is 12.1. The molecule has 1 nitrogen and oxygen atoms in total. The van der Waals surface area contributed by atoms with Gasteiger partial charge in [0.15, 0.2) is 0 Å². The zero-order valence-electron chi connectivity index (χ0n) is 11.8. The van der Waals surface area contributed by atoms with Gasteiger partial charge in [-0.05, 0) is 37.0 Å². The second-order valence-electron chi connectivity index (χ2n) is 5.46. The van der Waals surface area contributed by atoms with Crippen molar-refractivity contribution in [3.05, 3.63) is 35.9 Å². The predicted molar refractivity (Wildman–Crippen MR) is 78.5 cm³/mol. The molecule has 0 atom stereocenters. The highest BCUT2D eigenvalue weighted by atomic mass is 15.1. The van der Waals surface area contributed by atoms with Crippen molar-refractivity contribution in [2.45, 2.75) is 34.6 Å². The Bertz CT molecular complexity index is 350. The van der Waals surface area contributed by atoms with Gasteiger partial charge in [-0.25, -0.2) is 0 Å². The SMILES string of the molecule is CCN(CC)c1ccc(/C=C/C(C)(C)C)cc1. The summed E-state index contributed by atoms with van der Waals surface area (Å²) in [4.78, 5) is 2.36. The van der Waals surface area contributed by atoms with Crippen molar-refractivity contribution in [3.63, 3.8) is 0 Å². The van der Waals surface area contributed by atoms with Gasteiger partial charge in [0.25, 0.3) is 0 Å². The van der Waals surface area contributed by atoms with E-state index in [9.17, 15) is 0 Å². The van der Waals surface area contributed by atoms with Crippen molar-refractivity contribution in [3.8, 4) is 0 Å². The van der Waals surface area contributed by atoms with Crippen LogP contribution in [0.4, 0.5) is 5.69 Å². The first kappa shape index (κ1) is 13.8. The molecular weight excluding hydrogens is 206 g/mol. The lowest BCUT2D eigenvalue weighted by molar-refractivity contribution is 0.547. The van der Waals surface area contributed by atoms with Gasteiger partial charge in [0, 0.05) is 18.8 Å². The van der Waals surface area contributed by atoms with Crippen molar-refractivity contribution < 1.29 is 0 Å². The molecule has 0 saturated carbocycles. The second kappa shape index (κ2) is 5.90. The van der Waals surface area contributed by atoms with E-state index in [1.807, 2.05) is 0 Å². The maximum atomic E-state index is 2.36. The predicted octanol–water partition coefficient (Wildman–Crippen LogP) is 4.59. The summed E-state index contributed by atoms with van der Waals surface area (Å²) in [5, 5.41) is 0. The van der Waals surface area contributed by atoms with Gasteiger partial charge in [0.1, 0.15) is 0 Å². The molecular formula is C16H25N. The number of hydrogen-bond donors (Lipinski definition) is 0. The van der Waals surface area contributed by atoms with E-state index in [-0.39, 0.29) is 5.41 Å². The van der Waals surface area contributed by atoms with E-state index in [0.717, 1.165) is 13.1 Å². The van der Waals surface area contributed by atoms with Crippen molar-refractivity contribution >= 4 is 11.8 Å². The third-order valence-corrected chi connectivity index (χ3v) is 2.80. The maximum absolute atomic E-state index is 2.36. The second-order valence-corrected chi connectivity index (χ2v) is 5.46. The number of rotatable bonds is 4. The van der Waals surface area contributed by atoms with Gasteiger partial charge < -0.3 is 4.90 Å². The molecule has 1 aromatic rings. The summed E-state index contributed by atoms with van der Waals surface area (Å²) in [6.45, 7) is 13.2. The van der Waals surface area contributed by atoms with Crippen molar-refractivity contribution in [2.24, 2.45) is 5.41 Å². The van der Waals surface area contributed by atoms with Crippen molar-refractivity contribution in [2.75, 3.05) is 18.0 Å². The van der Waals surface area contributed by atoms with Gasteiger partial charge in [0.2, 0.25) is 0 Å². The van der Waals surface area contributed by atoms with Crippen LogP contribution >= 0.6 is 0 Å². The molecule has 0 radical (unpaired) electrons. The van der Waals surface area contributed by atoms with Crippen LogP contribution in [0.2, 0.25) is 0 Å². The number of benzene rings is 1. The Morgan fingerprint density at radius 1 is 1.00 bits per heavy atom. The fourth-order valence-electron chi connectivity index (χ4n) is 1.73. The molecule has 0 amide bonds. The zero-order valence-corrected chi connectivity index (χ0v) is 11.8. The fraction of sp³-hybridized carbons (Fsp3) is 0.500. The van der Waals surface area contributed by atoms with E-state index in [1.54, 1.807) is 0 Å². The van der Waals surface area contributed by atoms with Crippen LogP contribution in [0.5, 0.6) is 0 Å². The first-order valence-corrected chi connectivity index (χ1v) is 6.50. The maximum Gasteiger partial charge on any atom is 0.0366 e. The van der Waals surface area contributed by atoms with Crippen LogP contribution in [0.15, 0.2) is 30.3 Å². The molecule has 17 heavy (non-hydrogen) atoms. The summed E-state index contributed by atoms with van der Waals surface area (Å²) in [5.41, 5.74) is 2.83. The van der Waals surface area contributed by atoms with Crippen LogP contribution < -0.4 is 4.90 Å². The molecule has 94 valence electrons. The number of hydrogen-bond acceptors (Lipinski definition) is 1. The number of nitrogens with zero attached hydrogens (tertiary/aromatic N) is 1. The van der Waals surface area contributed by atoms with E-state index in [1.165, 1.54) is 11.3 Å². The monoisotopic (exact) mass is 231 g/mol. The van der Waals surface area contributed by atoms with Crippen LogP contribution in [0, 0.1) is 5.41 Å².